The Balaban J connectivity index is 1.48. The van der Waals surface area contributed by atoms with Crippen molar-refractivity contribution >= 4 is 33.4 Å². The highest BCUT2D eigenvalue weighted by molar-refractivity contribution is 7.17. The number of carbonyl (C=O) groups is 1. The van der Waals surface area contributed by atoms with E-state index in [2.05, 4.69) is 10.2 Å². The lowest BCUT2D eigenvalue weighted by Gasteiger charge is -2.21. The lowest BCUT2D eigenvalue weighted by molar-refractivity contribution is -0.121. The van der Waals surface area contributed by atoms with Crippen LogP contribution in [0.5, 0.6) is 0 Å². The number of amides is 1. The molecule has 1 aliphatic rings. The van der Waals surface area contributed by atoms with Crippen LogP contribution in [0.25, 0.3) is 10.2 Å². The molecule has 1 aromatic carbocycles. The average Bonchev–Trinajstić information content (AvgIpc) is 3.38. The predicted octanol–water partition coefficient (Wildman–Crippen LogP) is 3.07. The zero-order chi connectivity index (χ0) is 19.5. The van der Waals surface area contributed by atoms with Gasteiger partial charge in [0.05, 0.1) is 5.52 Å². The fraction of sp³-hybridized carbons (Fsp3) is 0.381. The van der Waals surface area contributed by atoms with E-state index >= 15 is 0 Å². The monoisotopic (exact) mass is 396 g/mol. The Labute approximate surface area is 167 Å². The zero-order valence-electron chi connectivity index (χ0n) is 16.0. The summed E-state index contributed by atoms with van der Waals surface area (Å²) in [4.78, 5) is 32.2. The molecule has 6 nitrogen and oxygen atoms in total. The molecule has 4 rings (SSSR count). The number of carbonyl (C=O) groups excluding carboxylic acids is 1. The van der Waals surface area contributed by atoms with Crippen LogP contribution in [-0.2, 0) is 17.9 Å². The average molecular weight is 397 g/mol. The molecule has 1 amide bonds. The van der Waals surface area contributed by atoms with Gasteiger partial charge in [0.15, 0.2) is 0 Å². The Morgan fingerprint density at radius 2 is 1.93 bits per heavy atom. The maximum atomic E-state index is 13.0. The van der Waals surface area contributed by atoms with Gasteiger partial charge >= 0.3 is 0 Å². The van der Waals surface area contributed by atoms with Gasteiger partial charge in [-0.05, 0) is 36.8 Å². The first-order valence-electron chi connectivity index (χ1n) is 9.67. The molecular formula is C21H24N4O2S. The summed E-state index contributed by atoms with van der Waals surface area (Å²) in [5.41, 5.74) is 2.96. The van der Waals surface area contributed by atoms with Crippen LogP contribution in [-0.4, -0.2) is 28.5 Å². The predicted molar refractivity (Wildman–Crippen MR) is 113 cm³/mol. The number of nitrogens with one attached hydrogen (secondary N) is 1. The molecule has 7 heteroatoms. The third-order valence-corrected chi connectivity index (χ3v) is 6.00. The number of benzene rings is 1. The standard InChI is InChI=1S/C21H24N4O2S/c1-15-4-6-16(7-5-15)14-22-18(26)8-12-25-20(27)19-17(9-13-28-19)23-21(25)24-10-2-3-11-24/h4-7,9,13H,2-3,8,10-12,14H2,1H3,(H,22,26). The first-order chi connectivity index (χ1) is 13.6. The second kappa shape index (κ2) is 8.14. The second-order valence-electron chi connectivity index (χ2n) is 7.21. The van der Waals surface area contributed by atoms with Crippen LogP contribution in [0.1, 0.15) is 30.4 Å². The number of anilines is 1. The van der Waals surface area contributed by atoms with Gasteiger partial charge in [-0.2, -0.15) is 0 Å². The minimum atomic E-state index is -0.0638. The van der Waals surface area contributed by atoms with Gasteiger partial charge in [0.2, 0.25) is 11.9 Å². The molecule has 0 aliphatic carbocycles. The summed E-state index contributed by atoms with van der Waals surface area (Å²) in [5, 5.41) is 4.84. The minimum absolute atomic E-state index is 0.0479. The van der Waals surface area contributed by atoms with E-state index in [9.17, 15) is 9.59 Å². The highest BCUT2D eigenvalue weighted by Gasteiger charge is 2.21. The van der Waals surface area contributed by atoms with Crippen LogP contribution >= 0.6 is 11.3 Å². The molecule has 1 N–H and O–H groups in total. The Kier molecular flexibility index (Phi) is 5.43. The summed E-state index contributed by atoms with van der Waals surface area (Å²) in [6, 6.07) is 9.98. The molecule has 0 bridgehead atoms. The van der Waals surface area contributed by atoms with E-state index in [1.54, 1.807) is 4.57 Å². The number of nitrogens with zero attached hydrogens (tertiary/aromatic N) is 3. The van der Waals surface area contributed by atoms with E-state index in [-0.39, 0.29) is 17.9 Å². The Hall–Kier alpha value is -2.67. The molecule has 3 aromatic rings. The van der Waals surface area contributed by atoms with Gasteiger partial charge in [0.25, 0.3) is 5.56 Å². The molecule has 1 aliphatic heterocycles. The van der Waals surface area contributed by atoms with Crippen LogP contribution < -0.4 is 15.8 Å². The second-order valence-corrected chi connectivity index (χ2v) is 8.13. The van der Waals surface area contributed by atoms with Crippen LogP contribution in [0, 0.1) is 6.92 Å². The molecule has 146 valence electrons. The smallest absolute Gasteiger partial charge is 0.272 e. The number of aromatic nitrogens is 2. The van der Waals surface area contributed by atoms with E-state index in [0.29, 0.717) is 23.7 Å². The molecule has 1 saturated heterocycles. The molecule has 2 aromatic heterocycles. The lowest BCUT2D eigenvalue weighted by Crippen LogP contribution is -2.32. The van der Waals surface area contributed by atoms with E-state index in [1.165, 1.54) is 16.9 Å². The number of hydrogen-bond acceptors (Lipinski definition) is 5. The van der Waals surface area contributed by atoms with Crippen LogP contribution in [0.3, 0.4) is 0 Å². The highest BCUT2D eigenvalue weighted by Crippen LogP contribution is 2.22. The zero-order valence-corrected chi connectivity index (χ0v) is 16.8. The molecule has 1 fully saturated rings. The van der Waals surface area contributed by atoms with Crippen molar-refractivity contribution in [3.63, 3.8) is 0 Å². The normalized spacial score (nSPS) is 14.0. The third kappa shape index (κ3) is 3.94. The number of thiophene rings is 1. The van der Waals surface area contributed by atoms with Gasteiger partial charge in [-0.15, -0.1) is 11.3 Å². The van der Waals surface area contributed by atoms with Crippen molar-refractivity contribution in [2.75, 3.05) is 18.0 Å². The van der Waals surface area contributed by atoms with Crippen molar-refractivity contribution in [3.05, 3.63) is 57.2 Å². The van der Waals surface area contributed by atoms with E-state index in [0.717, 1.165) is 37.0 Å². The molecule has 0 saturated carbocycles. The topological polar surface area (TPSA) is 67.2 Å². The van der Waals surface area contributed by atoms with Crippen LogP contribution in [0.4, 0.5) is 5.95 Å². The van der Waals surface area contributed by atoms with E-state index in [1.807, 2.05) is 42.6 Å². The maximum absolute atomic E-state index is 13.0. The van der Waals surface area contributed by atoms with Crippen molar-refractivity contribution in [2.45, 2.75) is 39.3 Å². The number of hydrogen-bond donors (Lipinski definition) is 1. The van der Waals surface area contributed by atoms with Crippen molar-refractivity contribution in [3.8, 4) is 0 Å². The Morgan fingerprint density at radius 1 is 1.18 bits per heavy atom. The van der Waals surface area contributed by atoms with Crippen LogP contribution in [0.15, 0.2) is 40.5 Å². The number of fused-ring (bicyclic) bond motifs is 1. The quantitative estimate of drug-likeness (QED) is 0.695. The lowest BCUT2D eigenvalue weighted by atomic mass is 10.1. The Bertz CT molecular complexity index is 1030. The molecule has 0 spiro atoms. The van der Waals surface area contributed by atoms with Crippen molar-refractivity contribution in [1.29, 1.82) is 0 Å². The summed E-state index contributed by atoms with van der Waals surface area (Å²) in [6.45, 7) is 4.68. The van der Waals surface area contributed by atoms with Gasteiger partial charge < -0.3 is 10.2 Å². The summed E-state index contributed by atoms with van der Waals surface area (Å²) >= 11 is 1.41. The number of rotatable bonds is 6. The summed E-state index contributed by atoms with van der Waals surface area (Å²) in [7, 11) is 0. The summed E-state index contributed by atoms with van der Waals surface area (Å²) in [6.07, 6.45) is 2.47. The summed E-state index contributed by atoms with van der Waals surface area (Å²) < 4.78 is 2.33. The first kappa shape index (κ1) is 18.7. The van der Waals surface area contributed by atoms with Crippen molar-refractivity contribution in [2.24, 2.45) is 0 Å². The summed E-state index contributed by atoms with van der Waals surface area (Å²) in [5.74, 6) is 0.630. The van der Waals surface area contributed by atoms with Crippen molar-refractivity contribution in [1.82, 2.24) is 14.9 Å². The fourth-order valence-corrected chi connectivity index (χ4v) is 4.28. The van der Waals surface area contributed by atoms with E-state index in [4.69, 9.17) is 4.98 Å². The first-order valence-corrected chi connectivity index (χ1v) is 10.5. The number of aryl methyl sites for hydroxylation is 1. The molecule has 28 heavy (non-hydrogen) atoms. The molecule has 0 atom stereocenters. The van der Waals surface area contributed by atoms with Crippen LogP contribution in [0.2, 0.25) is 0 Å². The highest BCUT2D eigenvalue weighted by atomic mass is 32.1. The van der Waals surface area contributed by atoms with Gasteiger partial charge in [0.1, 0.15) is 4.70 Å². The van der Waals surface area contributed by atoms with Gasteiger partial charge in [0, 0.05) is 32.6 Å². The molecule has 0 radical (unpaired) electrons. The van der Waals surface area contributed by atoms with Gasteiger partial charge in [-0.25, -0.2) is 4.98 Å². The van der Waals surface area contributed by atoms with Gasteiger partial charge in [-0.1, -0.05) is 29.8 Å². The largest absolute Gasteiger partial charge is 0.352 e. The molecular weight excluding hydrogens is 372 g/mol. The fourth-order valence-electron chi connectivity index (χ4n) is 3.50. The third-order valence-electron chi connectivity index (χ3n) is 5.11. The minimum Gasteiger partial charge on any atom is -0.352 e. The van der Waals surface area contributed by atoms with Crippen molar-refractivity contribution < 1.29 is 4.79 Å². The van der Waals surface area contributed by atoms with E-state index < -0.39 is 0 Å². The maximum Gasteiger partial charge on any atom is 0.272 e. The SMILES string of the molecule is Cc1ccc(CNC(=O)CCn2c(N3CCCC3)nc3ccsc3c2=O)cc1. The van der Waals surface area contributed by atoms with Gasteiger partial charge in [-0.3, -0.25) is 14.2 Å². The Morgan fingerprint density at radius 3 is 2.68 bits per heavy atom. The molecule has 3 heterocycles. The molecule has 0 unspecified atom stereocenters.